The number of carbonyl (C=O) groups is 3. The summed E-state index contributed by atoms with van der Waals surface area (Å²) >= 11 is 0. The lowest BCUT2D eigenvalue weighted by molar-refractivity contribution is -0.159. The zero-order valence-corrected chi connectivity index (χ0v) is 17.7. The number of aryl methyl sites for hydroxylation is 1. The maximum Gasteiger partial charge on any atom is 0.309 e. The van der Waals surface area contributed by atoms with Crippen molar-refractivity contribution in [3.8, 4) is 0 Å². The van der Waals surface area contributed by atoms with Gasteiger partial charge >= 0.3 is 5.97 Å². The number of piperidine rings is 1. The maximum absolute atomic E-state index is 12.7. The van der Waals surface area contributed by atoms with E-state index in [9.17, 15) is 14.4 Å². The molecular formula is C24H28N2O4. The van der Waals surface area contributed by atoms with Gasteiger partial charge in [0, 0.05) is 31.4 Å². The van der Waals surface area contributed by atoms with Gasteiger partial charge in [-0.2, -0.15) is 0 Å². The van der Waals surface area contributed by atoms with Gasteiger partial charge in [0.1, 0.15) is 0 Å². The molecule has 6 heteroatoms. The van der Waals surface area contributed by atoms with Crippen molar-refractivity contribution in [1.29, 1.82) is 0 Å². The number of anilines is 1. The fraction of sp³-hybridized carbons (Fsp3) is 0.375. The van der Waals surface area contributed by atoms with Gasteiger partial charge in [-0.15, -0.1) is 0 Å². The van der Waals surface area contributed by atoms with E-state index in [4.69, 9.17) is 4.74 Å². The van der Waals surface area contributed by atoms with E-state index < -0.39 is 6.10 Å². The Morgan fingerprint density at radius 2 is 1.60 bits per heavy atom. The Balaban J connectivity index is 1.52. The van der Waals surface area contributed by atoms with E-state index in [0.717, 1.165) is 11.3 Å². The number of nitrogens with zero attached hydrogens (tertiary/aromatic N) is 2. The average molecular weight is 408 g/mol. The second-order valence-corrected chi connectivity index (χ2v) is 7.69. The second kappa shape index (κ2) is 9.57. The van der Waals surface area contributed by atoms with Crippen LogP contribution in [-0.4, -0.2) is 48.9 Å². The molecule has 30 heavy (non-hydrogen) atoms. The van der Waals surface area contributed by atoms with E-state index in [0.29, 0.717) is 31.5 Å². The molecule has 2 amide bonds. The van der Waals surface area contributed by atoms with Gasteiger partial charge in [0.25, 0.3) is 11.8 Å². The van der Waals surface area contributed by atoms with Crippen LogP contribution in [0.15, 0.2) is 54.6 Å². The van der Waals surface area contributed by atoms with Crippen molar-refractivity contribution in [2.24, 2.45) is 5.92 Å². The summed E-state index contributed by atoms with van der Waals surface area (Å²) in [5.74, 6) is -0.960. The van der Waals surface area contributed by atoms with Crippen LogP contribution in [0.5, 0.6) is 0 Å². The molecule has 0 bridgehead atoms. The first-order valence-electron chi connectivity index (χ1n) is 10.3. The Hall–Kier alpha value is -3.15. The van der Waals surface area contributed by atoms with Crippen LogP contribution in [-0.2, 0) is 14.3 Å². The van der Waals surface area contributed by atoms with Gasteiger partial charge in [-0.05, 0) is 50.5 Å². The standard InChI is InChI=1S/C24H28N2O4/c1-17-9-7-8-12-21(17)23(28)26-15-13-19(14-16-26)24(29)30-18(2)22(27)25(3)20-10-5-4-6-11-20/h4-12,18-19H,13-16H2,1-3H3/t18-/m0/s1. The smallest absolute Gasteiger partial charge is 0.309 e. The molecule has 1 aliphatic heterocycles. The molecule has 0 unspecified atom stereocenters. The normalized spacial score (nSPS) is 15.4. The molecule has 2 aromatic rings. The number of likely N-dealkylation sites (N-methyl/N-ethyl adjacent to an activating group) is 1. The van der Waals surface area contributed by atoms with Crippen molar-refractivity contribution in [2.45, 2.75) is 32.8 Å². The monoisotopic (exact) mass is 408 g/mol. The predicted molar refractivity (Wildman–Crippen MR) is 115 cm³/mol. The third-order valence-electron chi connectivity index (χ3n) is 5.61. The highest BCUT2D eigenvalue weighted by molar-refractivity contribution is 5.97. The summed E-state index contributed by atoms with van der Waals surface area (Å²) in [5.41, 5.74) is 2.38. The lowest BCUT2D eigenvalue weighted by Crippen LogP contribution is -2.43. The average Bonchev–Trinajstić information content (AvgIpc) is 2.78. The molecule has 1 atom stereocenters. The highest BCUT2D eigenvalue weighted by Gasteiger charge is 2.31. The van der Waals surface area contributed by atoms with E-state index in [1.54, 1.807) is 18.9 Å². The van der Waals surface area contributed by atoms with Crippen LogP contribution in [0.4, 0.5) is 5.69 Å². The highest BCUT2D eigenvalue weighted by atomic mass is 16.5. The molecule has 0 N–H and O–H groups in total. The van der Waals surface area contributed by atoms with Crippen LogP contribution < -0.4 is 4.90 Å². The molecule has 3 rings (SSSR count). The second-order valence-electron chi connectivity index (χ2n) is 7.69. The summed E-state index contributed by atoms with van der Waals surface area (Å²) in [7, 11) is 1.66. The number of likely N-dealkylation sites (tertiary alicyclic amines) is 1. The van der Waals surface area contributed by atoms with Crippen molar-refractivity contribution >= 4 is 23.5 Å². The fourth-order valence-electron chi connectivity index (χ4n) is 3.67. The Kier molecular flexibility index (Phi) is 6.87. The van der Waals surface area contributed by atoms with E-state index >= 15 is 0 Å². The van der Waals surface area contributed by atoms with Gasteiger partial charge in [0.15, 0.2) is 6.10 Å². The predicted octanol–water partition coefficient (Wildman–Crippen LogP) is 3.44. The number of amides is 2. The SMILES string of the molecule is Cc1ccccc1C(=O)N1CCC(C(=O)O[C@@H](C)C(=O)N(C)c2ccccc2)CC1. The lowest BCUT2D eigenvalue weighted by Gasteiger charge is -2.32. The number of esters is 1. The number of carbonyl (C=O) groups excluding carboxylic acids is 3. The van der Waals surface area contributed by atoms with Crippen molar-refractivity contribution in [1.82, 2.24) is 4.90 Å². The van der Waals surface area contributed by atoms with Gasteiger partial charge in [0.2, 0.25) is 0 Å². The van der Waals surface area contributed by atoms with Gasteiger partial charge in [0.05, 0.1) is 5.92 Å². The highest BCUT2D eigenvalue weighted by Crippen LogP contribution is 2.22. The molecule has 6 nitrogen and oxygen atoms in total. The van der Waals surface area contributed by atoms with Crippen LogP contribution >= 0.6 is 0 Å². The molecule has 1 saturated heterocycles. The molecule has 0 saturated carbocycles. The van der Waals surface area contributed by atoms with Gasteiger partial charge in [-0.1, -0.05) is 36.4 Å². The molecule has 0 spiro atoms. The number of rotatable bonds is 5. The molecule has 1 aliphatic rings. The van der Waals surface area contributed by atoms with Gasteiger partial charge < -0.3 is 14.5 Å². The Bertz CT molecular complexity index is 904. The Labute approximate surface area is 177 Å². The summed E-state index contributed by atoms with van der Waals surface area (Å²) < 4.78 is 5.46. The summed E-state index contributed by atoms with van der Waals surface area (Å²) in [6.45, 7) is 4.51. The van der Waals surface area contributed by atoms with Crippen LogP contribution in [0.3, 0.4) is 0 Å². The number of para-hydroxylation sites is 1. The zero-order valence-electron chi connectivity index (χ0n) is 17.7. The number of benzene rings is 2. The third kappa shape index (κ3) is 4.87. The molecule has 2 aromatic carbocycles. The van der Waals surface area contributed by atoms with Crippen LogP contribution in [0, 0.1) is 12.8 Å². The van der Waals surface area contributed by atoms with E-state index in [1.165, 1.54) is 4.90 Å². The first kappa shape index (κ1) is 21.6. The molecule has 0 aliphatic carbocycles. The molecule has 1 heterocycles. The molecular weight excluding hydrogens is 380 g/mol. The minimum absolute atomic E-state index is 0.00653. The van der Waals surface area contributed by atoms with Gasteiger partial charge in [-0.3, -0.25) is 14.4 Å². The number of hydrogen-bond acceptors (Lipinski definition) is 4. The Morgan fingerprint density at radius 3 is 2.23 bits per heavy atom. The van der Waals surface area contributed by atoms with Crippen molar-refractivity contribution in [3.63, 3.8) is 0 Å². The number of hydrogen-bond donors (Lipinski definition) is 0. The first-order chi connectivity index (χ1) is 14.4. The molecule has 1 fully saturated rings. The number of ether oxygens (including phenoxy) is 1. The minimum Gasteiger partial charge on any atom is -0.452 e. The molecule has 158 valence electrons. The van der Waals surface area contributed by atoms with Crippen LogP contribution in [0.25, 0.3) is 0 Å². The summed E-state index contributed by atoms with van der Waals surface area (Å²) in [6, 6.07) is 16.7. The van der Waals surface area contributed by atoms with E-state index in [2.05, 4.69) is 0 Å². The Morgan fingerprint density at radius 1 is 1.00 bits per heavy atom. The van der Waals surface area contributed by atoms with Crippen molar-refractivity contribution < 1.29 is 19.1 Å². The van der Waals surface area contributed by atoms with Gasteiger partial charge in [-0.25, -0.2) is 0 Å². The van der Waals surface area contributed by atoms with Crippen LogP contribution in [0.1, 0.15) is 35.7 Å². The quantitative estimate of drug-likeness (QED) is 0.711. The summed E-state index contributed by atoms with van der Waals surface area (Å²) in [6.07, 6.45) is 0.201. The summed E-state index contributed by atoms with van der Waals surface area (Å²) in [5, 5.41) is 0. The minimum atomic E-state index is -0.866. The van der Waals surface area contributed by atoms with Crippen molar-refractivity contribution in [2.75, 3.05) is 25.0 Å². The van der Waals surface area contributed by atoms with Crippen molar-refractivity contribution in [3.05, 3.63) is 65.7 Å². The summed E-state index contributed by atoms with van der Waals surface area (Å²) in [4.78, 5) is 41.2. The molecule has 0 radical (unpaired) electrons. The largest absolute Gasteiger partial charge is 0.452 e. The topological polar surface area (TPSA) is 66.9 Å². The molecule has 0 aromatic heterocycles. The van der Waals surface area contributed by atoms with E-state index in [-0.39, 0.29) is 23.7 Å². The first-order valence-corrected chi connectivity index (χ1v) is 10.3. The maximum atomic E-state index is 12.7. The lowest BCUT2D eigenvalue weighted by atomic mass is 9.96. The fourth-order valence-corrected chi connectivity index (χ4v) is 3.67. The zero-order chi connectivity index (χ0) is 21.7. The third-order valence-corrected chi connectivity index (χ3v) is 5.61. The van der Waals surface area contributed by atoms with Crippen LogP contribution in [0.2, 0.25) is 0 Å². The van der Waals surface area contributed by atoms with E-state index in [1.807, 2.05) is 61.5 Å².